The summed E-state index contributed by atoms with van der Waals surface area (Å²) in [6.45, 7) is 1.60. The van der Waals surface area contributed by atoms with E-state index in [0.29, 0.717) is 4.88 Å². The molecular weight excluding hydrogens is 219 g/mol. The smallest absolute Gasteiger partial charge is 0.404 e. The van der Waals surface area contributed by atoms with E-state index in [-0.39, 0.29) is 4.88 Å². The molecule has 0 saturated carbocycles. The lowest BCUT2D eigenvalue weighted by Gasteiger charge is -2.10. The lowest BCUT2D eigenvalue weighted by atomic mass is 10.4. The van der Waals surface area contributed by atoms with Gasteiger partial charge in [-0.15, -0.1) is 24.5 Å². The van der Waals surface area contributed by atoms with Crippen LogP contribution >= 0.6 is 11.3 Å². The minimum atomic E-state index is -4.77. The van der Waals surface area contributed by atoms with E-state index in [0.717, 1.165) is 11.3 Å². The van der Waals surface area contributed by atoms with Crippen LogP contribution in [0.2, 0.25) is 0 Å². The van der Waals surface area contributed by atoms with E-state index >= 15 is 0 Å². The van der Waals surface area contributed by atoms with Gasteiger partial charge in [-0.3, -0.25) is 0 Å². The third-order valence-electron chi connectivity index (χ3n) is 1.34. The van der Waals surface area contributed by atoms with E-state index in [2.05, 4.69) is 4.74 Å². The second-order valence-corrected chi connectivity index (χ2v) is 3.87. The van der Waals surface area contributed by atoms with Crippen molar-refractivity contribution in [1.82, 2.24) is 0 Å². The zero-order valence-electron chi connectivity index (χ0n) is 7.13. The van der Waals surface area contributed by atoms with Crippen LogP contribution in [0.15, 0.2) is 6.07 Å². The molecule has 0 saturated heterocycles. The van der Waals surface area contributed by atoms with Crippen LogP contribution in [0.4, 0.5) is 13.2 Å². The van der Waals surface area contributed by atoms with Gasteiger partial charge in [0.25, 0.3) is 0 Å². The number of thiophene rings is 1. The molecule has 0 fully saturated rings. The lowest BCUT2D eigenvalue weighted by molar-refractivity contribution is -0.274. The fraction of sp³-hybridized carbons (Fsp3) is 0.429. The Balaban J connectivity index is 2.96. The number of halogens is 3. The molecule has 1 heterocycles. The van der Waals surface area contributed by atoms with Gasteiger partial charge in [-0.1, -0.05) is 0 Å². The van der Waals surface area contributed by atoms with Gasteiger partial charge >= 0.3 is 6.36 Å². The summed E-state index contributed by atoms with van der Waals surface area (Å²) >= 11 is 0.963. The Morgan fingerprint density at radius 2 is 2.14 bits per heavy atom. The van der Waals surface area contributed by atoms with Crippen LogP contribution in [0.5, 0.6) is 5.75 Å². The normalized spacial score (nSPS) is 14.1. The zero-order valence-corrected chi connectivity index (χ0v) is 7.95. The molecule has 1 atom stereocenters. The minimum absolute atomic E-state index is 0.0279. The summed E-state index contributed by atoms with van der Waals surface area (Å²) in [6.07, 6.45) is -6.22. The molecule has 1 rings (SSSR count). The predicted molar refractivity (Wildman–Crippen MR) is 44.9 cm³/mol. The Bertz CT molecular complexity index is 321. The molecule has 1 unspecified atom stereocenters. The Morgan fingerprint density at radius 1 is 1.57 bits per heavy atom. The summed E-state index contributed by atoms with van der Waals surface area (Å²) in [4.78, 5) is 0.559. The molecule has 0 radical (unpaired) electrons. The van der Waals surface area contributed by atoms with Gasteiger partial charge in [-0.2, -0.15) is 0 Å². The Morgan fingerprint density at radius 3 is 2.57 bits per heavy atom. The lowest BCUT2D eigenvalue weighted by Crippen LogP contribution is -2.19. The summed E-state index contributed by atoms with van der Waals surface area (Å²) < 4.78 is 39.2. The van der Waals surface area contributed by atoms with Crippen molar-refractivity contribution in [2.24, 2.45) is 5.73 Å². The van der Waals surface area contributed by atoms with E-state index in [4.69, 9.17) is 10.8 Å². The number of aliphatic hydroxyl groups excluding tert-OH is 1. The van der Waals surface area contributed by atoms with Crippen molar-refractivity contribution in [3.63, 3.8) is 0 Å². The molecule has 0 aromatic carbocycles. The Kier molecular flexibility index (Phi) is 3.03. The molecule has 80 valence electrons. The van der Waals surface area contributed by atoms with Crippen molar-refractivity contribution in [2.45, 2.75) is 19.5 Å². The SMILES string of the molecule is Cc1cc(OC(F)(F)F)c(C(N)O)s1. The molecule has 0 amide bonds. The number of alkyl halides is 3. The first kappa shape index (κ1) is 11.3. The second-order valence-electron chi connectivity index (χ2n) is 2.58. The van der Waals surface area contributed by atoms with E-state index < -0.39 is 18.3 Å². The van der Waals surface area contributed by atoms with Gasteiger partial charge in [0.2, 0.25) is 0 Å². The van der Waals surface area contributed by atoms with Gasteiger partial charge in [-0.25, -0.2) is 0 Å². The molecule has 0 aliphatic carbocycles. The van der Waals surface area contributed by atoms with Gasteiger partial charge in [0.15, 0.2) is 0 Å². The molecule has 3 nitrogen and oxygen atoms in total. The zero-order chi connectivity index (χ0) is 10.9. The minimum Gasteiger partial charge on any atom is -0.404 e. The van der Waals surface area contributed by atoms with Crippen LogP contribution in [-0.2, 0) is 0 Å². The third kappa shape index (κ3) is 2.86. The first-order valence-electron chi connectivity index (χ1n) is 3.59. The maximum absolute atomic E-state index is 11.9. The average Bonchev–Trinajstić information content (AvgIpc) is 2.27. The molecule has 1 aromatic rings. The van der Waals surface area contributed by atoms with E-state index in [1.807, 2.05) is 0 Å². The summed E-state index contributed by atoms with van der Waals surface area (Å²) in [7, 11) is 0. The summed E-state index contributed by atoms with van der Waals surface area (Å²) in [6, 6.07) is 1.18. The molecule has 0 aliphatic heterocycles. The van der Waals surface area contributed by atoms with Gasteiger partial charge in [0.05, 0.1) is 4.88 Å². The number of aliphatic hydroxyl groups is 1. The fourth-order valence-electron chi connectivity index (χ4n) is 0.920. The molecule has 0 spiro atoms. The van der Waals surface area contributed by atoms with Crippen LogP contribution in [0, 0.1) is 6.92 Å². The average molecular weight is 227 g/mol. The first-order chi connectivity index (χ1) is 6.29. The highest BCUT2D eigenvalue weighted by atomic mass is 32.1. The number of nitrogens with two attached hydrogens (primary N) is 1. The highest BCUT2D eigenvalue weighted by Crippen LogP contribution is 2.35. The fourth-order valence-corrected chi connectivity index (χ4v) is 1.75. The second kappa shape index (κ2) is 3.76. The molecule has 1 aromatic heterocycles. The van der Waals surface area contributed by atoms with Crippen molar-refractivity contribution in [1.29, 1.82) is 0 Å². The van der Waals surface area contributed by atoms with Crippen LogP contribution in [0.1, 0.15) is 16.0 Å². The number of hydrogen-bond donors (Lipinski definition) is 2. The van der Waals surface area contributed by atoms with Crippen molar-refractivity contribution < 1.29 is 23.0 Å². The monoisotopic (exact) mass is 227 g/mol. The van der Waals surface area contributed by atoms with Gasteiger partial charge in [0, 0.05) is 4.88 Å². The quantitative estimate of drug-likeness (QED) is 0.759. The molecular formula is C7H8F3NO2S. The summed E-state index contributed by atoms with van der Waals surface area (Å²) in [5.41, 5.74) is 5.07. The summed E-state index contributed by atoms with van der Waals surface area (Å²) in [5, 5.41) is 8.96. The van der Waals surface area contributed by atoms with Crippen LogP contribution in [0.25, 0.3) is 0 Å². The molecule has 7 heteroatoms. The maximum Gasteiger partial charge on any atom is 0.573 e. The van der Waals surface area contributed by atoms with Gasteiger partial charge in [-0.05, 0) is 13.0 Å². The van der Waals surface area contributed by atoms with Crippen molar-refractivity contribution in [3.05, 3.63) is 15.8 Å². The van der Waals surface area contributed by atoms with E-state index in [1.165, 1.54) is 6.07 Å². The largest absolute Gasteiger partial charge is 0.573 e. The maximum atomic E-state index is 11.9. The van der Waals surface area contributed by atoms with E-state index in [9.17, 15) is 13.2 Å². The third-order valence-corrected chi connectivity index (χ3v) is 2.44. The van der Waals surface area contributed by atoms with Gasteiger partial charge in [0.1, 0.15) is 12.0 Å². The standard InChI is InChI=1S/C7H8F3NO2S/c1-3-2-4(13-7(8,9)10)5(14-3)6(11)12/h2,6,12H,11H2,1H3. The summed E-state index contributed by atoms with van der Waals surface area (Å²) in [5.74, 6) is -0.435. The van der Waals surface area contributed by atoms with Crippen LogP contribution in [0.3, 0.4) is 0 Å². The van der Waals surface area contributed by atoms with Crippen LogP contribution < -0.4 is 10.5 Å². The molecule has 14 heavy (non-hydrogen) atoms. The predicted octanol–water partition coefficient (Wildman–Crippen LogP) is 1.90. The number of ether oxygens (including phenoxy) is 1. The van der Waals surface area contributed by atoms with Gasteiger partial charge < -0.3 is 15.6 Å². The highest BCUT2D eigenvalue weighted by molar-refractivity contribution is 7.12. The topological polar surface area (TPSA) is 55.5 Å². The number of rotatable bonds is 2. The van der Waals surface area contributed by atoms with Crippen molar-refractivity contribution in [3.8, 4) is 5.75 Å². The van der Waals surface area contributed by atoms with Crippen LogP contribution in [-0.4, -0.2) is 11.5 Å². The molecule has 3 N–H and O–H groups in total. The molecule has 0 bridgehead atoms. The Hall–Kier alpha value is -0.790. The Labute approximate surface area is 81.9 Å². The van der Waals surface area contributed by atoms with E-state index in [1.54, 1.807) is 6.92 Å². The highest BCUT2D eigenvalue weighted by Gasteiger charge is 2.33. The number of aryl methyl sites for hydroxylation is 1. The number of hydrogen-bond acceptors (Lipinski definition) is 4. The van der Waals surface area contributed by atoms with Crippen molar-refractivity contribution in [2.75, 3.05) is 0 Å². The van der Waals surface area contributed by atoms with Crippen molar-refractivity contribution >= 4 is 11.3 Å². The molecule has 0 aliphatic rings. The first-order valence-corrected chi connectivity index (χ1v) is 4.41.